The maximum absolute atomic E-state index is 13.2. The normalized spacial score (nSPS) is 29.1. The van der Waals surface area contributed by atoms with Crippen molar-refractivity contribution in [1.82, 2.24) is 10.2 Å². The van der Waals surface area contributed by atoms with Gasteiger partial charge >= 0.3 is 6.03 Å². The smallest absolute Gasteiger partial charge is 0.318 e. The zero-order chi connectivity index (χ0) is 23.9. The van der Waals surface area contributed by atoms with E-state index in [1.807, 2.05) is 29.2 Å². The third-order valence-corrected chi connectivity index (χ3v) is 8.87. The fourth-order valence-corrected chi connectivity index (χ4v) is 7.20. The van der Waals surface area contributed by atoms with Crippen molar-refractivity contribution >= 4 is 37.9 Å². The molecule has 5 rings (SSSR count). The second-order valence-corrected chi connectivity index (χ2v) is 12.8. The van der Waals surface area contributed by atoms with E-state index in [0.717, 1.165) is 45.3 Å². The van der Waals surface area contributed by atoms with Gasteiger partial charge in [0.15, 0.2) is 0 Å². The van der Waals surface area contributed by atoms with E-state index in [1.54, 1.807) is 0 Å². The summed E-state index contributed by atoms with van der Waals surface area (Å²) in [5, 5.41) is 3.50. The van der Waals surface area contributed by atoms with Gasteiger partial charge in [0.1, 0.15) is 6.10 Å². The minimum Gasteiger partial charge on any atom is -0.362 e. The molecular formula is C28H34Br2N2O2. The summed E-state index contributed by atoms with van der Waals surface area (Å²) in [5.74, 6) is 2.14. The molecular weight excluding hydrogens is 556 g/mol. The lowest BCUT2D eigenvalue weighted by Gasteiger charge is -2.51. The van der Waals surface area contributed by atoms with Gasteiger partial charge in [-0.05, 0) is 85.3 Å². The lowest BCUT2D eigenvalue weighted by molar-refractivity contribution is -0.0667. The number of carbonyl (C=O) groups is 1. The van der Waals surface area contributed by atoms with Gasteiger partial charge in [-0.1, -0.05) is 70.0 Å². The molecule has 182 valence electrons. The number of nitrogens with zero attached hydrogens (tertiary/aromatic N) is 1. The van der Waals surface area contributed by atoms with Crippen LogP contribution in [0.3, 0.4) is 0 Å². The van der Waals surface area contributed by atoms with Gasteiger partial charge in [0.2, 0.25) is 0 Å². The number of rotatable bonds is 5. The van der Waals surface area contributed by atoms with E-state index < -0.39 is 0 Å². The molecule has 2 amide bonds. The number of benzene rings is 2. The van der Waals surface area contributed by atoms with E-state index in [9.17, 15) is 4.79 Å². The molecule has 2 aliphatic carbocycles. The van der Waals surface area contributed by atoms with E-state index in [0.29, 0.717) is 24.9 Å². The minimum absolute atomic E-state index is 0.0135. The molecule has 0 spiro atoms. The first-order chi connectivity index (χ1) is 16.3. The molecule has 2 atom stereocenters. The van der Waals surface area contributed by atoms with Crippen molar-refractivity contribution in [3.8, 4) is 0 Å². The molecule has 2 aromatic carbocycles. The zero-order valence-electron chi connectivity index (χ0n) is 20.0. The summed E-state index contributed by atoms with van der Waals surface area (Å²) in [6.45, 7) is 5.97. The molecule has 1 N–H and O–H groups in total. The van der Waals surface area contributed by atoms with Gasteiger partial charge in [0, 0.05) is 14.5 Å². The fourth-order valence-electron chi connectivity index (χ4n) is 6.67. The highest BCUT2D eigenvalue weighted by molar-refractivity contribution is 9.10. The van der Waals surface area contributed by atoms with Crippen molar-refractivity contribution in [2.75, 3.05) is 13.1 Å². The summed E-state index contributed by atoms with van der Waals surface area (Å²) >= 11 is 7.06. The van der Waals surface area contributed by atoms with Crippen LogP contribution < -0.4 is 5.32 Å². The van der Waals surface area contributed by atoms with Crippen LogP contribution in [0.2, 0.25) is 0 Å². The molecule has 1 saturated heterocycles. The number of carbonyl (C=O) groups excluding carboxylic acids is 1. The highest BCUT2D eigenvalue weighted by atomic mass is 79.9. The Morgan fingerprint density at radius 2 is 1.41 bits per heavy atom. The number of hydrogen-bond donors (Lipinski definition) is 1. The first-order valence-corrected chi connectivity index (χ1v) is 14.1. The second-order valence-electron chi connectivity index (χ2n) is 11.0. The van der Waals surface area contributed by atoms with Gasteiger partial charge in [0.05, 0.1) is 19.2 Å². The Labute approximate surface area is 220 Å². The molecule has 1 heterocycles. The molecule has 1 aliphatic heterocycles. The molecule has 0 radical (unpaired) electrons. The quantitative estimate of drug-likeness (QED) is 0.397. The Morgan fingerprint density at radius 1 is 0.912 bits per heavy atom. The Bertz CT molecular complexity index is 939. The van der Waals surface area contributed by atoms with E-state index in [2.05, 4.69) is 75.3 Å². The summed E-state index contributed by atoms with van der Waals surface area (Å²) in [7, 11) is 0. The van der Waals surface area contributed by atoms with Gasteiger partial charge in [-0.3, -0.25) is 0 Å². The first kappa shape index (κ1) is 24.3. The summed E-state index contributed by atoms with van der Waals surface area (Å²) in [5.41, 5.74) is 2.22. The molecule has 4 nitrogen and oxygen atoms in total. The van der Waals surface area contributed by atoms with E-state index in [4.69, 9.17) is 4.74 Å². The van der Waals surface area contributed by atoms with Crippen molar-refractivity contribution < 1.29 is 9.53 Å². The first-order valence-electron chi connectivity index (χ1n) is 12.5. The van der Waals surface area contributed by atoms with E-state index in [1.165, 1.54) is 12.8 Å². The van der Waals surface area contributed by atoms with Crippen molar-refractivity contribution in [2.24, 2.45) is 17.8 Å². The van der Waals surface area contributed by atoms with Crippen molar-refractivity contribution in [2.45, 2.75) is 63.7 Å². The molecule has 2 aromatic rings. The Balaban J connectivity index is 1.23. The number of likely N-dealkylation sites (tertiary alicyclic amines) is 1. The number of hydrogen-bond acceptors (Lipinski definition) is 2. The average molecular weight is 590 g/mol. The van der Waals surface area contributed by atoms with Gasteiger partial charge in [0.25, 0.3) is 0 Å². The Hall–Kier alpha value is -1.37. The molecule has 2 saturated carbocycles. The van der Waals surface area contributed by atoms with Gasteiger partial charge in [-0.25, -0.2) is 4.79 Å². The van der Waals surface area contributed by atoms with E-state index >= 15 is 0 Å². The van der Waals surface area contributed by atoms with E-state index in [-0.39, 0.29) is 23.8 Å². The Morgan fingerprint density at radius 3 is 1.91 bits per heavy atom. The molecule has 2 bridgehead atoms. The van der Waals surface area contributed by atoms with Crippen LogP contribution in [-0.4, -0.2) is 35.7 Å². The maximum atomic E-state index is 13.2. The SMILES string of the molecule is CC1CC2CC(C)CC(NC(=O)N3CC(OC(c4ccc(Br)cc4)c4ccc(Br)cc4)C3)(C1)C2. The number of halogens is 2. The van der Waals surface area contributed by atoms with Crippen LogP contribution in [0.25, 0.3) is 0 Å². The van der Waals surface area contributed by atoms with Crippen LogP contribution in [-0.2, 0) is 4.74 Å². The molecule has 0 aromatic heterocycles. The maximum Gasteiger partial charge on any atom is 0.318 e. The fraction of sp³-hybridized carbons (Fsp3) is 0.536. The average Bonchev–Trinajstić information content (AvgIpc) is 2.73. The van der Waals surface area contributed by atoms with Crippen LogP contribution >= 0.6 is 31.9 Å². The highest BCUT2D eigenvalue weighted by Crippen LogP contribution is 2.47. The Kier molecular flexibility index (Phi) is 7.12. The number of fused-ring (bicyclic) bond motifs is 2. The third-order valence-electron chi connectivity index (χ3n) is 7.81. The number of urea groups is 1. The van der Waals surface area contributed by atoms with Gasteiger partial charge in [-0.2, -0.15) is 0 Å². The second kappa shape index (κ2) is 9.94. The minimum atomic E-state index is -0.158. The number of ether oxygens (including phenoxy) is 1. The van der Waals surface area contributed by atoms with Crippen LogP contribution in [0.15, 0.2) is 57.5 Å². The van der Waals surface area contributed by atoms with Crippen molar-refractivity contribution in [1.29, 1.82) is 0 Å². The summed E-state index contributed by atoms with van der Waals surface area (Å²) in [6.07, 6.45) is 5.88. The summed E-state index contributed by atoms with van der Waals surface area (Å²) in [4.78, 5) is 15.1. The van der Waals surface area contributed by atoms with Gasteiger partial charge in [-0.15, -0.1) is 0 Å². The van der Waals surface area contributed by atoms with Gasteiger partial charge < -0.3 is 15.0 Å². The highest BCUT2D eigenvalue weighted by Gasteiger charge is 2.46. The molecule has 3 fully saturated rings. The number of amides is 2. The molecule has 6 heteroatoms. The largest absolute Gasteiger partial charge is 0.362 e. The van der Waals surface area contributed by atoms with Crippen LogP contribution in [0.5, 0.6) is 0 Å². The number of nitrogens with one attached hydrogen (secondary N) is 1. The molecule has 2 unspecified atom stereocenters. The third kappa shape index (κ3) is 5.39. The summed E-state index contributed by atoms with van der Waals surface area (Å²) in [6, 6.07) is 16.7. The monoisotopic (exact) mass is 588 g/mol. The topological polar surface area (TPSA) is 41.6 Å². The van der Waals surface area contributed by atoms with Crippen molar-refractivity contribution in [3.05, 3.63) is 68.6 Å². The van der Waals surface area contributed by atoms with Crippen LogP contribution in [0, 0.1) is 17.8 Å². The molecule has 34 heavy (non-hydrogen) atoms. The van der Waals surface area contributed by atoms with Crippen LogP contribution in [0.1, 0.15) is 63.2 Å². The molecule has 3 aliphatic rings. The predicted molar refractivity (Wildman–Crippen MR) is 143 cm³/mol. The summed E-state index contributed by atoms with van der Waals surface area (Å²) < 4.78 is 8.67. The zero-order valence-corrected chi connectivity index (χ0v) is 23.1. The van der Waals surface area contributed by atoms with Crippen LogP contribution in [0.4, 0.5) is 4.79 Å². The standard InChI is InChI=1S/C28H34Br2N2O2/c1-18-11-20-12-19(2)14-28(13-18,15-20)31-27(33)32-16-25(17-32)34-26(21-3-7-23(29)8-4-21)22-5-9-24(30)10-6-22/h3-10,18-20,25-26H,11-17H2,1-2H3,(H,31,33). The predicted octanol–water partition coefficient (Wildman–Crippen LogP) is 7.32. The lowest BCUT2D eigenvalue weighted by Crippen LogP contribution is -2.64. The van der Waals surface area contributed by atoms with Crippen molar-refractivity contribution in [3.63, 3.8) is 0 Å². The lowest BCUT2D eigenvalue weighted by atomic mass is 9.61.